The third kappa shape index (κ3) is 2.80. The second-order valence-electron chi connectivity index (χ2n) is 4.07. The Bertz CT molecular complexity index is 485. The Balaban J connectivity index is 2.21. The first-order valence-electron chi connectivity index (χ1n) is 6.15. The molecule has 0 saturated carbocycles. The molecule has 0 aliphatic heterocycles. The highest BCUT2D eigenvalue weighted by Gasteiger charge is 2.11. The fourth-order valence-corrected chi connectivity index (χ4v) is 1.94. The number of methoxy groups -OCH3 is 1. The number of aromatic nitrogens is 1. The lowest BCUT2D eigenvalue weighted by Gasteiger charge is -2.19. The molecule has 1 aromatic heterocycles. The summed E-state index contributed by atoms with van der Waals surface area (Å²) in [5.74, 6) is 1.56. The Morgan fingerprint density at radius 2 is 1.94 bits per heavy atom. The highest BCUT2D eigenvalue weighted by molar-refractivity contribution is 5.51. The summed E-state index contributed by atoms with van der Waals surface area (Å²) in [5, 5.41) is 3.43. The summed E-state index contributed by atoms with van der Waals surface area (Å²) in [6.45, 7) is 2.15. The van der Waals surface area contributed by atoms with Crippen molar-refractivity contribution in [1.29, 1.82) is 0 Å². The average Bonchev–Trinajstić information content (AvgIpc) is 2.46. The van der Waals surface area contributed by atoms with Crippen molar-refractivity contribution >= 4 is 5.82 Å². The number of pyridine rings is 1. The van der Waals surface area contributed by atoms with Crippen LogP contribution in [0.3, 0.4) is 0 Å². The van der Waals surface area contributed by atoms with E-state index in [1.54, 1.807) is 13.3 Å². The topological polar surface area (TPSA) is 34.2 Å². The van der Waals surface area contributed by atoms with Crippen molar-refractivity contribution in [2.75, 3.05) is 12.4 Å². The summed E-state index contributed by atoms with van der Waals surface area (Å²) in [6.07, 6.45) is 2.76. The lowest BCUT2D eigenvalue weighted by molar-refractivity contribution is 0.414. The largest absolute Gasteiger partial charge is 0.493 e. The normalized spacial score (nSPS) is 11.9. The Morgan fingerprint density at radius 3 is 2.61 bits per heavy atom. The van der Waals surface area contributed by atoms with Crippen LogP contribution in [0.2, 0.25) is 0 Å². The summed E-state index contributed by atoms with van der Waals surface area (Å²) in [6, 6.07) is 14.4. The van der Waals surface area contributed by atoms with Gasteiger partial charge in [0.2, 0.25) is 0 Å². The van der Waals surface area contributed by atoms with Crippen LogP contribution >= 0.6 is 0 Å². The van der Waals surface area contributed by atoms with Gasteiger partial charge in [-0.05, 0) is 24.1 Å². The van der Waals surface area contributed by atoms with E-state index in [0.29, 0.717) is 0 Å². The van der Waals surface area contributed by atoms with Crippen LogP contribution in [0.15, 0.2) is 48.7 Å². The van der Waals surface area contributed by atoms with E-state index in [-0.39, 0.29) is 6.04 Å². The van der Waals surface area contributed by atoms with E-state index >= 15 is 0 Å². The molecule has 1 N–H and O–H groups in total. The van der Waals surface area contributed by atoms with Crippen LogP contribution in [0.1, 0.15) is 24.9 Å². The number of hydrogen-bond donors (Lipinski definition) is 1. The van der Waals surface area contributed by atoms with Gasteiger partial charge in [0.05, 0.1) is 13.2 Å². The number of hydrogen-bond acceptors (Lipinski definition) is 3. The third-order valence-electron chi connectivity index (χ3n) is 2.91. The summed E-state index contributed by atoms with van der Waals surface area (Å²) in [4.78, 5) is 4.33. The minimum Gasteiger partial charge on any atom is -0.493 e. The van der Waals surface area contributed by atoms with Gasteiger partial charge in [-0.3, -0.25) is 0 Å². The Morgan fingerprint density at radius 1 is 1.17 bits per heavy atom. The predicted molar refractivity (Wildman–Crippen MR) is 73.9 cm³/mol. The molecule has 0 spiro atoms. The number of benzene rings is 1. The van der Waals surface area contributed by atoms with Crippen LogP contribution in [0.4, 0.5) is 5.82 Å². The molecule has 0 saturated heterocycles. The summed E-state index contributed by atoms with van der Waals surface area (Å²) >= 11 is 0. The Labute approximate surface area is 108 Å². The molecule has 0 aliphatic carbocycles. The highest BCUT2D eigenvalue weighted by atomic mass is 16.5. The second kappa shape index (κ2) is 6.05. The zero-order valence-electron chi connectivity index (χ0n) is 10.8. The van der Waals surface area contributed by atoms with Crippen molar-refractivity contribution in [3.8, 4) is 5.75 Å². The van der Waals surface area contributed by atoms with E-state index in [1.807, 2.05) is 18.2 Å². The van der Waals surface area contributed by atoms with Gasteiger partial charge in [-0.1, -0.05) is 37.3 Å². The standard InChI is InChI=1S/C15H18N2O/c1-3-13(12-8-5-4-6-9-12)17-15-14(18-2)10-7-11-16-15/h4-11,13H,3H2,1-2H3,(H,16,17). The van der Waals surface area contributed by atoms with E-state index < -0.39 is 0 Å². The average molecular weight is 242 g/mol. The molecule has 3 nitrogen and oxygen atoms in total. The highest BCUT2D eigenvalue weighted by Crippen LogP contribution is 2.27. The van der Waals surface area contributed by atoms with Crippen molar-refractivity contribution in [2.45, 2.75) is 19.4 Å². The Hall–Kier alpha value is -2.03. The van der Waals surface area contributed by atoms with Gasteiger partial charge in [0.15, 0.2) is 11.6 Å². The first-order chi connectivity index (χ1) is 8.85. The van der Waals surface area contributed by atoms with Gasteiger partial charge < -0.3 is 10.1 Å². The molecule has 18 heavy (non-hydrogen) atoms. The van der Waals surface area contributed by atoms with E-state index in [1.165, 1.54) is 5.56 Å². The molecule has 1 aromatic carbocycles. The van der Waals surface area contributed by atoms with Gasteiger partial charge in [0.25, 0.3) is 0 Å². The molecule has 0 fully saturated rings. The summed E-state index contributed by atoms with van der Waals surface area (Å²) in [7, 11) is 1.66. The molecular weight excluding hydrogens is 224 g/mol. The van der Waals surface area contributed by atoms with Gasteiger partial charge in [-0.15, -0.1) is 0 Å². The van der Waals surface area contributed by atoms with Crippen molar-refractivity contribution in [3.05, 3.63) is 54.2 Å². The van der Waals surface area contributed by atoms with Crippen LogP contribution in [-0.2, 0) is 0 Å². The molecule has 1 unspecified atom stereocenters. The van der Waals surface area contributed by atoms with Crippen molar-refractivity contribution in [1.82, 2.24) is 4.98 Å². The van der Waals surface area contributed by atoms with E-state index in [2.05, 4.69) is 41.5 Å². The predicted octanol–water partition coefficient (Wildman–Crippen LogP) is 3.65. The van der Waals surface area contributed by atoms with Gasteiger partial charge in [-0.25, -0.2) is 4.98 Å². The summed E-state index contributed by atoms with van der Waals surface area (Å²) < 4.78 is 5.30. The maximum atomic E-state index is 5.30. The molecular formula is C15H18N2O. The summed E-state index contributed by atoms with van der Waals surface area (Å²) in [5.41, 5.74) is 1.26. The monoisotopic (exact) mass is 242 g/mol. The lowest BCUT2D eigenvalue weighted by Crippen LogP contribution is -2.11. The lowest BCUT2D eigenvalue weighted by atomic mass is 10.0. The maximum absolute atomic E-state index is 5.30. The number of nitrogens with one attached hydrogen (secondary N) is 1. The van der Waals surface area contributed by atoms with Crippen LogP contribution < -0.4 is 10.1 Å². The first-order valence-corrected chi connectivity index (χ1v) is 6.15. The number of anilines is 1. The smallest absolute Gasteiger partial charge is 0.169 e. The quantitative estimate of drug-likeness (QED) is 0.869. The molecule has 2 aromatic rings. The van der Waals surface area contributed by atoms with Gasteiger partial charge in [0, 0.05) is 6.20 Å². The minimum absolute atomic E-state index is 0.245. The van der Waals surface area contributed by atoms with Crippen LogP contribution in [0.25, 0.3) is 0 Å². The molecule has 1 heterocycles. The van der Waals surface area contributed by atoms with Crippen LogP contribution in [-0.4, -0.2) is 12.1 Å². The van der Waals surface area contributed by atoms with Gasteiger partial charge >= 0.3 is 0 Å². The molecule has 2 rings (SSSR count). The maximum Gasteiger partial charge on any atom is 0.169 e. The molecule has 0 bridgehead atoms. The second-order valence-corrected chi connectivity index (χ2v) is 4.07. The first kappa shape index (κ1) is 12.4. The fraction of sp³-hybridized carbons (Fsp3) is 0.267. The number of nitrogens with zero attached hydrogens (tertiary/aromatic N) is 1. The van der Waals surface area contributed by atoms with Crippen molar-refractivity contribution in [2.24, 2.45) is 0 Å². The van der Waals surface area contributed by atoms with E-state index in [4.69, 9.17) is 4.74 Å². The SMILES string of the molecule is CCC(Nc1ncccc1OC)c1ccccc1. The van der Waals surface area contributed by atoms with E-state index in [0.717, 1.165) is 18.0 Å². The number of ether oxygens (including phenoxy) is 1. The van der Waals surface area contributed by atoms with Crippen LogP contribution in [0, 0.1) is 0 Å². The zero-order chi connectivity index (χ0) is 12.8. The molecule has 0 radical (unpaired) electrons. The van der Waals surface area contributed by atoms with Gasteiger partial charge in [-0.2, -0.15) is 0 Å². The molecule has 0 amide bonds. The molecule has 3 heteroatoms. The van der Waals surface area contributed by atoms with E-state index in [9.17, 15) is 0 Å². The number of rotatable bonds is 5. The van der Waals surface area contributed by atoms with Crippen molar-refractivity contribution < 1.29 is 4.74 Å². The minimum atomic E-state index is 0.245. The fourth-order valence-electron chi connectivity index (χ4n) is 1.94. The van der Waals surface area contributed by atoms with Crippen LogP contribution in [0.5, 0.6) is 5.75 Å². The molecule has 0 aliphatic rings. The molecule has 1 atom stereocenters. The Kier molecular flexibility index (Phi) is 4.18. The molecule has 94 valence electrons. The van der Waals surface area contributed by atoms with Crippen molar-refractivity contribution in [3.63, 3.8) is 0 Å². The zero-order valence-corrected chi connectivity index (χ0v) is 10.8. The third-order valence-corrected chi connectivity index (χ3v) is 2.91. The van der Waals surface area contributed by atoms with Gasteiger partial charge in [0.1, 0.15) is 0 Å².